The molecule has 0 radical (unpaired) electrons. The lowest BCUT2D eigenvalue weighted by atomic mass is 10.0. The van der Waals surface area contributed by atoms with Gasteiger partial charge in [0, 0.05) is 50.7 Å². The summed E-state index contributed by atoms with van der Waals surface area (Å²) in [4.78, 5) is 50.3. The molecule has 1 aromatic carbocycles. The van der Waals surface area contributed by atoms with Crippen molar-refractivity contribution in [3.63, 3.8) is 0 Å². The highest BCUT2D eigenvalue weighted by molar-refractivity contribution is 5.97. The van der Waals surface area contributed by atoms with Gasteiger partial charge in [0.2, 0.25) is 11.8 Å². The van der Waals surface area contributed by atoms with E-state index >= 15 is 0 Å². The van der Waals surface area contributed by atoms with Crippen molar-refractivity contribution < 1.29 is 38.1 Å². The van der Waals surface area contributed by atoms with Gasteiger partial charge in [0.15, 0.2) is 0 Å². The first-order chi connectivity index (χ1) is 21.9. The molecule has 13 heteroatoms. The van der Waals surface area contributed by atoms with Gasteiger partial charge in [-0.05, 0) is 63.4 Å². The van der Waals surface area contributed by atoms with Crippen molar-refractivity contribution in [1.82, 2.24) is 19.7 Å². The van der Waals surface area contributed by atoms with Crippen LogP contribution in [0, 0.1) is 5.82 Å². The first kappa shape index (κ1) is 33.6. The molecule has 2 saturated heterocycles. The van der Waals surface area contributed by atoms with Crippen molar-refractivity contribution in [3.8, 4) is 5.88 Å². The number of rotatable bonds is 8. The van der Waals surface area contributed by atoms with Crippen LogP contribution in [0.25, 0.3) is 0 Å². The summed E-state index contributed by atoms with van der Waals surface area (Å²) in [6.07, 6.45) is -0.591. The summed E-state index contributed by atoms with van der Waals surface area (Å²) in [5, 5.41) is 9.92. The molecule has 5 rings (SSSR count). The van der Waals surface area contributed by atoms with Crippen LogP contribution in [-0.2, 0) is 32.1 Å². The number of hydrogen-bond donors (Lipinski definition) is 1. The molecule has 3 aliphatic heterocycles. The Balaban J connectivity index is 1.43. The fourth-order valence-corrected chi connectivity index (χ4v) is 6.63. The number of halogens is 1. The average Bonchev–Trinajstić information content (AvgIpc) is 2.99. The molecular formula is C33H44FN5O7. The van der Waals surface area contributed by atoms with Gasteiger partial charge in [-0.3, -0.25) is 19.4 Å². The third kappa shape index (κ3) is 7.59. The molecule has 4 heterocycles. The summed E-state index contributed by atoms with van der Waals surface area (Å²) in [7, 11) is 0. The highest BCUT2D eigenvalue weighted by Crippen LogP contribution is 2.36. The zero-order valence-electron chi connectivity index (χ0n) is 27.1. The second-order valence-electron chi connectivity index (χ2n) is 12.7. The van der Waals surface area contributed by atoms with Crippen LogP contribution in [0.3, 0.4) is 0 Å². The smallest absolute Gasteiger partial charge is 0.407 e. The molecule has 1 aromatic heterocycles. The third-order valence-electron chi connectivity index (χ3n) is 9.10. The van der Waals surface area contributed by atoms with Gasteiger partial charge in [-0.25, -0.2) is 14.2 Å². The standard InChI is InChI=1S/C33H44FN5O7/c1-20-12-36(28(14-38(20)33(42)43)13-37-21(2)16-44-17-22(37)3)15-31(41)39-23(4)18-46-32-30(39)11-26(29(35-32)19-45-24(5)40)10-25-6-8-27(34)9-7-25/h6-9,11,20-23,28H,10,12-19H2,1-5H3,(H,42,43)/t20-,21-,22-,23?,28+/m1/s1. The molecule has 2 aromatic rings. The van der Waals surface area contributed by atoms with Crippen LogP contribution in [0.1, 0.15) is 51.4 Å². The van der Waals surface area contributed by atoms with Crippen molar-refractivity contribution in [3.05, 3.63) is 53.0 Å². The van der Waals surface area contributed by atoms with Crippen molar-refractivity contribution in [1.29, 1.82) is 0 Å². The summed E-state index contributed by atoms with van der Waals surface area (Å²) in [5.74, 6) is -0.677. The van der Waals surface area contributed by atoms with Crippen molar-refractivity contribution in [2.75, 3.05) is 50.9 Å². The van der Waals surface area contributed by atoms with Crippen LogP contribution in [0.2, 0.25) is 0 Å². The van der Waals surface area contributed by atoms with Crippen LogP contribution in [0.15, 0.2) is 30.3 Å². The second-order valence-corrected chi connectivity index (χ2v) is 12.7. The van der Waals surface area contributed by atoms with Crippen LogP contribution < -0.4 is 9.64 Å². The monoisotopic (exact) mass is 641 g/mol. The maximum atomic E-state index is 14.3. The number of esters is 1. The number of nitrogens with zero attached hydrogens (tertiary/aromatic N) is 5. The molecule has 1 unspecified atom stereocenters. The minimum atomic E-state index is -0.966. The van der Waals surface area contributed by atoms with Crippen LogP contribution in [0.4, 0.5) is 14.9 Å². The molecule has 250 valence electrons. The number of aromatic nitrogens is 1. The molecular weight excluding hydrogens is 597 g/mol. The van der Waals surface area contributed by atoms with E-state index < -0.39 is 12.1 Å². The second kappa shape index (κ2) is 14.3. The van der Waals surface area contributed by atoms with Gasteiger partial charge in [-0.15, -0.1) is 0 Å². The summed E-state index contributed by atoms with van der Waals surface area (Å²) in [6.45, 7) is 12.1. The molecule has 5 atom stereocenters. The fraction of sp³-hybridized carbons (Fsp3) is 0.576. The largest absolute Gasteiger partial charge is 0.474 e. The van der Waals surface area contributed by atoms with Crippen molar-refractivity contribution in [2.24, 2.45) is 0 Å². The van der Waals surface area contributed by atoms with E-state index in [2.05, 4.69) is 23.6 Å². The third-order valence-corrected chi connectivity index (χ3v) is 9.10. The summed E-state index contributed by atoms with van der Waals surface area (Å²) >= 11 is 0. The SMILES string of the molecule is CC(=O)OCc1nc2c(cc1Cc1ccc(F)cc1)N(C(=O)CN1C[C@@H](C)N(C(=O)O)C[C@@H]1CN1[C@H](C)COC[C@H]1C)C(C)CO2. The molecule has 0 saturated carbocycles. The molecule has 1 N–H and O–H groups in total. The Hall–Kier alpha value is -3.81. The maximum absolute atomic E-state index is 14.3. The number of carbonyl (C=O) groups excluding carboxylic acids is 2. The van der Waals surface area contributed by atoms with E-state index in [-0.39, 0.29) is 67.6 Å². The van der Waals surface area contributed by atoms with Crippen LogP contribution >= 0.6 is 0 Å². The molecule has 0 aliphatic carbocycles. The highest BCUT2D eigenvalue weighted by atomic mass is 19.1. The van der Waals surface area contributed by atoms with Crippen molar-refractivity contribution >= 4 is 23.7 Å². The quantitative estimate of drug-likeness (QED) is 0.430. The first-order valence-corrected chi connectivity index (χ1v) is 15.8. The zero-order valence-corrected chi connectivity index (χ0v) is 27.1. The molecule has 3 aliphatic rings. The summed E-state index contributed by atoms with van der Waals surface area (Å²) < 4.78 is 30.6. The number of piperazine rings is 1. The molecule has 0 bridgehead atoms. The summed E-state index contributed by atoms with van der Waals surface area (Å²) in [6, 6.07) is 7.52. The lowest BCUT2D eigenvalue weighted by Gasteiger charge is -2.48. The Morgan fingerprint density at radius 2 is 1.70 bits per heavy atom. The number of morpholine rings is 1. The Kier molecular flexibility index (Phi) is 10.4. The van der Waals surface area contributed by atoms with E-state index in [0.29, 0.717) is 50.7 Å². The normalized spacial score (nSPS) is 25.5. The molecule has 2 fully saturated rings. The van der Waals surface area contributed by atoms with Gasteiger partial charge < -0.3 is 29.1 Å². The van der Waals surface area contributed by atoms with Crippen molar-refractivity contribution in [2.45, 2.75) is 77.9 Å². The number of ether oxygens (including phenoxy) is 3. The maximum Gasteiger partial charge on any atom is 0.407 e. The Labute approximate surface area is 269 Å². The Bertz CT molecular complexity index is 1420. The predicted molar refractivity (Wildman–Crippen MR) is 167 cm³/mol. The van der Waals surface area contributed by atoms with E-state index in [9.17, 15) is 23.9 Å². The molecule has 2 amide bonds. The van der Waals surface area contributed by atoms with Gasteiger partial charge >= 0.3 is 12.1 Å². The molecule has 12 nitrogen and oxygen atoms in total. The Morgan fingerprint density at radius 3 is 2.35 bits per heavy atom. The number of pyridine rings is 1. The fourth-order valence-electron chi connectivity index (χ4n) is 6.63. The topological polar surface area (TPSA) is 125 Å². The lowest BCUT2D eigenvalue weighted by molar-refractivity contribution is -0.142. The molecule has 46 heavy (non-hydrogen) atoms. The number of anilines is 1. The van der Waals surface area contributed by atoms with Gasteiger partial charge in [-0.2, -0.15) is 0 Å². The number of hydrogen-bond acceptors (Lipinski definition) is 9. The lowest BCUT2D eigenvalue weighted by Crippen LogP contribution is -2.65. The minimum Gasteiger partial charge on any atom is -0.474 e. The van der Waals surface area contributed by atoms with E-state index in [0.717, 1.165) is 11.1 Å². The zero-order chi connectivity index (χ0) is 33.1. The van der Waals surface area contributed by atoms with E-state index in [4.69, 9.17) is 19.2 Å². The van der Waals surface area contributed by atoms with Gasteiger partial charge in [-0.1, -0.05) is 12.1 Å². The first-order valence-electron chi connectivity index (χ1n) is 15.8. The summed E-state index contributed by atoms with van der Waals surface area (Å²) in [5.41, 5.74) is 2.55. The van der Waals surface area contributed by atoms with E-state index in [1.807, 2.05) is 19.9 Å². The number of amides is 2. The van der Waals surface area contributed by atoms with Gasteiger partial charge in [0.25, 0.3) is 0 Å². The van der Waals surface area contributed by atoms with Crippen LogP contribution in [0.5, 0.6) is 5.88 Å². The average molecular weight is 642 g/mol. The minimum absolute atomic E-state index is 0.0716. The number of carbonyl (C=O) groups is 3. The highest BCUT2D eigenvalue weighted by Gasteiger charge is 2.40. The predicted octanol–water partition coefficient (Wildman–Crippen LogP) is 3.15. The number of carboxylic acid groups (broad SMARTS) is 1. The van der Waals surface area contributed by atoms with Gasteiger partial charge in [0.05, 0.1) is 31.5 Å². The number of fused-ring (bicyclic) bond motifs is 1. The molecule has 0 spiro atoms. The van der Waals surface area contributed by atoms with E-state index in [1.165, 1.54) is 24.0 Å². The van der Waals surface area contributed by atoms with Crippen LogP contribution in [-0.4, -0.2) is 119 Å². The van der Waals surface area contributed by atoms with E-state index in [1.54, 1.807) is 17.0 Å². The van der Waals surface area contributed by atoms with Gasteiger partial charge in [0.1, 0.15) is 24.7 Å². The Morgan fingerprint density at radius 1 is 1.00 bits per heavy atom. The number of benzene rings is 1.